The maximum atomic E-state index is 5.93. The van der Waals surface area contributed by atoms with Crippen LogP contribution < -0.4 is 20.3 Å². The van der Waals surface area contributed by atoms with E-state index in [1.54, 1.807) is 7.11 Å². The Hall–Kier alpha value is -1.99. The number of para-hydroxylation sites is 2. The summed E-state index contributed by atoms with van der Waals surface area (Å²) in [6.45, 7) is 8.08. The molecule has 0 bridgehead atoms. The van der Waals surface area contributed by atoms with Gasteiger partial charge in [-0.15, -0.1) is 0 Å². The summed E-state index contributed by atoms with van der Waals surface area (Å²) in [6.07, 6.45) is 4.40. The number of aliphatic imine (C=N–C) groups is 1. The van der Waals surface area contributed by atoms with E-state index in [4.69, 9.17) is 19.2 Å². The summed E-state index contributed by atoms with van der Waals surface area (Å²) in [5.41, 5.74) is 1.16. The van der Waals surface area contributed by atoms with Crippen molar-refractivity contribution in [3.8, 4) is 5.75 Å². The predicted molar refractivity (Wildman–Crippen MR) is 117 cm³/mol. The van der Waals surface area contributed by atoms with Crippen LogP contribution in [-0.2, 0) is 9.47 Å². The summed E-state index contributed by atoms with van der Waals surface area (Å²) in [5.74, 6) is 1.82. The normalized spacial score (nSPS) is 20.7. The van der Waals surface area contributed by atoms with Crippen molar-refractivity contribution in [3.63, 3.8) is 0 Å². The van der Waals surface area contributed by atoms with E-state index in [-0.39, 0.29) is 0 Å². The molecule has 2 N–H and O–H groups in total. The lowest BCUT2D eigenvalue weighted by Gasteiger charge is -2.22. The van der Waals surface area contributed by atoms with Crippen molar-refractivity contribution in [1.29, 1.82) is 0 Å². The highest BCUT2D eigenvalue weighted by Crippen LogP contribution is 2.30. The largest absolute Gasteiger partial charge is 0.495 e. The monoisotopic (exact) mass is 404 g/mol. The van der Waals surface area contributed by atoms with Gasteiger partial charge in [-0.1, -0.05) is 12.1 Å². The summed E-state index contributed by atoms with van der Waals surface area (Å²) in [5, 5.41) is 6.96. The highest BCUT2D eigenvalue weighted by atomic mass is 16.5. The molecule has 1 aromatic carbocycles. The number of rotatable bonds is 9. The Labute approximate surface area is 174 Å². The summed E-state index contributed by atoms with van der Waals surface area (Å²) in [4.78, 5) is 7.11. The fourth-order valence-electron chi connectivity index (χ4n) is 3.85. The zero-order valence-electron chi connectivity index (χ0n) is 17.9. The van der Waals surface area contributed by atoms with Crippen molar-refractivity contribution in [1.82, 2.24) is 10.6 Å². The Morgan fingerprint density at radius 2 is 2.07 bits per heavy atom. The first-order chi connectivity index (χ1) is 14.3. The number of hydrogen-bond acceptors (Lipinski definition) is 5. The predicted octanol–water partition coefficient (Wildman–Crippen LogP) is 2.41. The van der Waals surface area contributed by atoms with Gasteiger partial charge in [0.25, 0.3) is 0 Å². The lowest BCUT2D eigenvalue weighted by atomic mass is 10.1. The maximum Gasteiger partial charge on any atom is 0.191 e. The minimum atomic E-state index is 0.360. The highest BCUT2D eigenvalue weighted by molar-refractivity contribution is 5.80. The number of benzene rings is 1. The quantitative estimate of drug-likeness (QED) is 0.374. The number of nitrogens with zero attached hydrogens (tertiary/aromatic N) is 2. The third kappa shape index (κ3) is 6.78. The van der Waals surface area contributed by atoms with Crippen LogP contribution in [0.3, 0.4) is 0 Å². The topological polar surface area (TPSA) is 67.4 Å². The number of hydrogen-bond donors (Lipinski definition) is 2. The van der Waals surface area contributed by atoms with Gasteiger partial charge in [-0.25, -0.2) is 0 Å². The molecular formula is C22H36N4O3. The van der Waals surface area contributed by atoms with Crippen LogP contribution >= 0.6 is 0 Å². The molecule has 7 nitrogen and oxygen atoms in total. The summed E-state index contributed by atoms with van der Waals surface area (Å²) < 4.78 is 16.8. The van der Waals surface area contributed by atoms with Crippen LogP contribution in [0.1, 0.15) is 32.6 Å². The molecule has 7 heteroatoms. The summed E-state index contributed by atoms with van der Waals surface area (Å²) in [6, 6.07) is 8.59. The van der Waals surface area contributed by atoms with E-state index >= 15 is 0 Å². The molecule has 0 spiro atoms. The van der Waals surface area contributed by atoms with Crippen LogP contribution in [0.5, 0.6) is 5.75 Å². The van der Waals surface area contributed by atoms with E-state index in [2.05, 4.69) is 34.6 Å². The first kappa shape index (κ1) is 21.7. The van der Waals surface area contributed by atoms with E-state index < -0.39 is 0 Å². The Morgan fingerprint density at radius 1 is 1.24 bits per heavy atom. The van der Waals surface area contributed by atoms with Crippen LogP contribution in [0.15, 0.2) is 29.3 Å². The van der Waals surface area contributed by atoms with Crippen LogP contribution in [0.2, 0.25) is 0 Å². The van der Waals surface area contributed by atoms with Gasteiger partial charge in [0.1, 0.15) is 5.75 Å². The van der Waals surface area contributed by atoms with Gasteiger partial charge >= 0.3 is 0 Å². The molecule has 29 heavy (non-hydrogen) atoms. The molecule has 1 atom stereocenters. The molecule has 2 aliphatic heterocycles. The lowest BCUT2D eigenvalue weighted by Crippen LogP contribution is -2.44. The lowest BCUT2D eigenvalue weighted by molar-refractivity contribution is -0.0318. The second kappa shape index (κ2) is 11.9. The molecule has 0 aliphatic carbocycles. The van der Waals surface area contributed by atoms with Gasteiger partial charge in [-0.2, -0.15) is 0 Å². The molecule has 2 aliphatic rings. The second-order valence-corrected chi connectivity index (χ2v) is 7.54. The van der Waals surface area contributed by atoms with Crippen molar-refractivity contribution in [2.75, 3.05) is 58.0 Å². The molecule has 1 aromatic rings. The molecule has 1 unspecified atom stereocenters. The average molecular weight is 405 g/mol. The molecule has 0 saturated carbocycles. The summed E-state index contributed by atoms with van der Waals surface area (Å²) >= 11 is 0. The van der Waals surface area contributed by atoms with Crippen LogP contribution in [0, 0.1) is 0 Å². The number of methoxy groups -OCH3 is 1. The van der Waals surface area contributed by atoms with Gasteiger partial charge < -0.3 is 29.7 Å². The molecule has 2 saturated heterocycles. The minimum absolute atomic E-state index is 0.360. The van der Waals surface area contributed by atoms with Crippen molar-refractivity contribution in [2.24, 2.45) is 4.99 Å². The molecular weight excluding hydrogens is 368 g/mol. The fraction of sp³-hybridized carbons (Fsp3) is 0.682. The van der Waals surface area contributed by atoms with E-state index in [9.17, 15) is 0 Å². The zero-order valence-corrected chi connectivity index (χ0v) is 17.9. The number of ether oxygens (including phenoxy) is 3. The molecule has 0 radical (unpaired) electrons. The molecule has 0 amide bonds. The Kier molecular flexibility index (Phi) is 8.89. The van der Waals surface area contributed by atoms with E-state index in [1.807, 2.05) is 12.1 Å². The smallest absolute Gasteiger partial charge is 0.191 e. The number of guanidine groups is 1. The van der Waals surface area contributed by atoms with Crippen molar-refractivity contribution in [2.45, 2.75) is 44.8 Å². The SMILES string of the molecule is CCNC(=NCCCOC1CCOCC1)NC1CCN(c2ccccc2OC)C1. The Balaban J connectivity index is 1.43. The van der Waals surface area contributed by atoms with Crippen LogP contribution in [0.25, 0.3) is 0 Å². The number of anilines is 1. The first-order valence-electron chi connectivity index (χ1n) is 10.9. The Bertz CT molecular complexity index is 634. The van der Waals surface area contributed by atoms with E-state index in [0.717, 1.165) is 89.1 Å². The number of nitrogens with one attached hydrogen (secondary N) is 2. The van der Waals surface area contributed by atoms with Crippen molar-refractivity contribution < 1.29 is 14.2 Å². The highest BCUT2D eigenvalue weighted by Gasteiger charge is 2.25. The van der Waals surface area contributed by atoms with E-state index in [1.165, 1.54) is 0 Å². The summed E-state index contributed by atoms with van der Waals surface area (Å²) in [7, 11) is 1.73. The second-order valence-electron chi connectivity index (χ2n) is 7.54. The molecule has 162 valence electrons. The third-order valence-corrected chi connectivity index (χ3v) is 5.39. The van der Waals surface area contributed by atoms with Gasteiger partial charge in [0.05, 0.1) is 18.9 Å². The van der Waals surface area contributed by atoms with Crippen LogP contribution in [0.4, 0.5) is 5.69 Å². The van der Waals surface area contributed by atoms with Gasteiger partial charge in [0.2, 0.25) is 0 Å². The minimum Gasteiger partial charge on any atom is -0.495 e. The third-order valence-electron chi connectivity index (χ3n) is 5.39. The average Bonchev–Trinajstić information content (AvgIpc) is 3.22. The standard InChI is InChI=1S/C22H36N4O3/c1-3-23-22(24-12-6-14-29-19-10-15-28-16-11-19)25-18-9-13-26(17-18)20-7-4-5-8-21(20)27-2/h4-5,7-8,18-19H,3,6,9-17H2,1-2H3,(H2,23,24,25). The molecule has 2 heterocycles. The van der Waals surface area contributed by atoms with Gasteiger partial charge in [-0.3, -0.25) is 4.99 Å². The molecule has 0 aromatic heterocycles. The fourth-order valence-corrected chi connectivity index (χ4v) is 3.85. The first-order valence-corrected chi connectivity index (χ1v) is 10.9. The van der Waals surface area contributed by atoms with Gasteiger partial charge in [0.15, 0.2) is 5.96 Å². The maximum absolute atomic E-state index is 5.93. The Morgan fingerprint density at radius 3 is 2.86 bits per heavy atom. The van der Waals surface area contributed by atoms with Crippen molar-refractivity contribution >= 4 is 11.6 Å². The van der Waals surface area contributed by atoms with Crippen LogP contribution in [-0.4, -0.2) is 71.2 Å². The van der Waals surface area contributed by atoms with E-state index in [0.29, 0.717) is 12.1 Å². The van der Waals surface area contributed by atoms with Crippen molar-refractivity contribution in [3.05, 3.63) is 24.3 Å². The molecule has 3 rings (SSSR count). The molecule has 2 fully saturated rings. The zero-order chi connectivity index (χ0) is 20.3. The van der Waals surface area contributed by atoms with Gasteiger partial charge in [-0.05, 0) is 44.7 Å². The van der Waals surface area contributed by atoms with Gasteiger partial charge in [0, 0.05) is 52.0 Å².